The van der Waals surface area contributed by atoms with Crippen molar-refractivity contribution in [1.29, 1.82) is 0 Å². The number of hydrogen-bond acceptors (Lipinski definition) is 8. The number of aryl methyl sites for hydroxylation is 1. The van der Waals surface area contributed by atoms with Crippen molar-refractivity contribution < 1.29 is 9.18 Å². The Hall–Kier alpha value is -4.52. The van der Waals surface area contributed by atoms with Gasteiger partial charge in [0.1, 0.15) is 11.5 Å². The largest absolute Gasteiger partial charge is 0.348 e. The molecule has 0 atom stereocenters. The summed E-state index contributed by atoms with van der Waals surface area (Å²) in [6, 6.07) is 17.6. The lowest BCUT2D eigenvalue weighted by atomic mass is 9.90. The first kappa shape index (κ1) is 37.8. The fourth-order valence-electron chi connectivity index (χ4n) is 8.32. The van der Waals surface area contributed by atoms with Crippen molar-refractivity contribution in [3.63, 3.8) is 0 Å². The Morgan fingerprint density at radius 2 is 1.67 bits per heavy atom. The minimum Gasteiger partial charge on any atom is -0.348 e. The average molecular weight is 752 g/mol. The van der Waals surface area contributed by atoms with Gasteiger partial charge in [-0.25, -0.2) is 23.7 Å². The first-order valence-electron chi connectivity index (χ1n) is 19.4. The summed E-state index contributed by atoms with van der Waals surface area (Å²) in [4.78, 5) is 54.7. The first-order valence-corrected chi connectivity index (χ1v) is 20.3. The number of fused-ring (bicyclic) bond motifs is 1. The molecule has 0 unspecified atom stereocenters. The Bertz CT molecular complexity index is 2190. The molecular weight excluding hydrogens is 702 g/mol. The average Bonchev–Trinajstić information content (AvgIpc) is 3.63. The van der Waals surface area contributed by atoms with E-state index in [1.807, 2.05) is 31.2 Å². The lowest BCUT2D eigenvalue weighted by Gasteiger charge is -2.38. The number of hydrogen-bond donors (Lipinski definition) is 1. The predicted octanol–water partition coefficient (Wildman–Crippen LogP) is 7.12. The SMILES string of the molecule is CCCN(CCC)C1CCN(Cc2ccc(-c3cccc(-n4c(=O)n([C@H]5CC[C@@H](NC(=O)c6csc(C)n6)CC5)c(=O)c5cc(F)cnc54)c3)cc2)CC1. The number of piperidine rings is 1. The van der Waals surface area contributed by atoms with Crippen LogP contribution in [0.3, 0.4) is 0 Å². The topological polar surface area (TPSA) is 105 Å². The third-order valence-corrected chi connectivity index (χ3v) is 11.8. The van der Waals surface area contributed by atoms with Gasteiger partial charge in [0.25, 0.3) is 11.5 Å². The highest BCUT2D eigenvalue weighted by Gasteiger charge is 2.29. The summed E-state index contributed by atoms with van der Waals surface area (Å²) in [5.74, 6) is -0.867. The summed E-state index contributed by atoms with van der Waals surface area (Å²) in [5, 5.41) is 5.66. The molecule has 0 spiro atoms. The van der Waals surface area contributed by atoms with Crippen LogP contribution in [-0.2, 0) is 6.54 Å². The fraction of sp³-hybridized carbons (Fsp3) is 0.452. The summed E-state index contributed by atoms with van der Waals surface area (Å²) in [5.41, 5.74) is 3.17. The van der Waals surface area contributed by atoms with E-state index in [0.29, 0.717) is 43.1 Å². The normalized spacial score (nSPS) is 18.4. The molecule has 0 radical (unpaired) electrons. The van der Waals surface area contributed by atoms with E-state index in [1.165, 1.54) is 64.8 Å². The smallest absolute Gasteiger partial charge is 0.337 e. The zero-order valence-corrected chi connectivity index (χ0v) is 32.3. The van der Waals surface area contributed by atoms with Gasteiger partial charge in [-0.15, -0.1) is 11.3 Å². The highest BCUT2D eigenvalue weighted by molar-refractivity contribution is 7.09. The molecule has 3 aromatic heterocycles. The lowest BCUT2D eigenvalue weighted by molar-refractivity contribution is 0.0917. The number of carbonyl (C=O) groups is 1. The van der Waals surface area contributed by atoms with Gasteiger partial charge in [-0.3, -0.25) is 19.1 Å². The second-order valence-corrected chi connectivity index (χ2v) is 15.9. The van der Waals surface area contributed by atoms with Crippen LogP contribution < -0.4 is 16.6 Å². The molecule has 1 amide bonds. The van der Waals surface area contributed by atoms with Crippen molar-refractivity contribution in [1.82, 2.24) is 34.2 Å². The molecule has 2 aromatic carbocycles. The number of nitrogens with zero attached hydrogens (tertiary/aromatic N) is 6. The van der Waals surface area contributed by atoms with Crippen LogP contribution in [0.25, 0.3) is 27.8 Å². The van der Waals surface area contributed by atoms with Crippen molar-refractivity contribution in [3.8, 4) is 16.8 Å². The summed E-state index contributed by atoms with van der Waals surface area (Å²) < 4.78 is 17.3. The number of pyridine rings is 1. The highest BCUT2D eigenvalue weighted by Crippen LogP contribution is 2.29. The van der Waals surface area contributed by atoms with E-state index in [4.69, 9.17) is 0 Å². The fourth-order valence-corrected chi connectivity index (χ4v) is 8.92. The van der Waals surface area contributed by atoms with Crippen LogP contribution in [0.1, 0.15) is 92.3 Å². The standard InChI is InChI=1S/C42H50FN7O3S/c1-4-19-48(20-5-2)34-17-21-47(22-18-34)26-29-9-11-30(12-10-29)31-7-6-8-36(23-31)49-39-37(24-32(43)25-44-39)41(52)50(42(49)53)35-15-13-33(14-16-35)46-40(51)38-27-54-28(3)45-38/h6-12,23-25,27,33-35H,4-5,13-22,26H2,1-3H3,(H,46,51)/t33-,35+. The second-order valence-electron chi connectivity index (χ2n) is 14.8. The molecule has 12 heteroatoms. The van der Waals surface area contributed by atoms with Crippen LogP contribution in [0.15, 0.2) is 75.8 Å². The van der Waals surface area contributed by atoms with Crippen molar-refractivity contribution in [2.45, 2.75) is 96.8 Å². The monoisotopic (exact) mass is 751 g/mol. The van der Waals surface area contributed by atoms with Crippen LogP contribution in [0, 0.1) is 12.7 Å². The molecule has 1 aliphatic heterocycles. The van der Waals surface area contributed by atoms with Gasteiger partial charge in [0.05, 0.1) is 22.3 Å². The molecule has 0 bridgehead atoms. The Labute approximate surface area is 319 Å². The number of benzene rings is 2. The summed E-state index contributed by atoms with van der Waals surface area (Å²) in [6.07, 6.45) is 8.04. The van der Waals surface area contributed by atoms with Crippen molar-refractivity contribution >= 4 is 28.3 Å². The Morgan fingerprint density at radius 1 is 0.944 bits per heavy atom. The maximum absolute atomic E-state index is 14.6. The Kier molecular flexibility index (Phi) is 11.8. The van der Waals surface area contributed by atoms with Gasteiger partial charge in [0.2, 0.25) is 0 Å². The molecular formula is C42H50FN7O3S. The molecule has 1 N–H and O–H groups in total. The van der Waals surface area contributed by atoms with Crippen LogP contribution in [-0.4, -0.2) is 73.1 Å². The second kappa shape index (κ2) is 16.9. The van der Waals surface area contributed by atoms with Crippen LogP contribution in [0.2, 0.25) is 0 Å². The van der Waals surface area contributed by atoms with Gasteiger partial charge < -0.3 is 10.2 Å². The van der Waals surface area contributed by atoms with Crippen molar-refractivity contribution in [2.24, 2.45) is 0 Å². The van der Waals surface area contributed by atoms with E-state index in [-0.39, 0.29) is 23.0 Å². The third kappa shape index (κ3) is 8.25. The summed E-state index contributed by atoms with van der Waals surface area (Å²) >= 11 is 1.42. The van der Waals surface area contributed by atoms with Gasteiger partial charge in [-0.05, 0) is 119 Å². The number of halogens is 1. The van der Waals surface area contributed by atoms with Crippen LogP contribution in [0.5, 0.6) is 0 Å². The molecule has 10 nitrogen and oxygen atoms in total. The number of likely N-dealkylation sites (tertiary alicyclic amines) is 1. The van der Waals surface area contributed by atoms with E-state index >= 15 is 0 Å². The molecule has 1 saturated carbocycles. The number of amides is 1. The molecule has 4 heterocycles. The molecule has 7 rings (SSSR count). The molecule has 5 aromatic rings. The van der Waals surface area contributed by atoms with E-state index in [2.05, 4.69) is 63.2 Å². The maximum atomic E-state index is 14.6. The minimum atomic E-state index is -0.645. The van der Waals surface area contributed by atoms with Crippen molar-refractivity contribution in [3.05, 3.63) is 109 Å². The number of rotatable bonds is 12. The number of thiazole rings is 1. The summed E-state index contributed by atoms with van der Waals surface area (Å²) in [6.45, 7) is 11.9. The van der Waals surface area contributed by atoms with E-state index < -0.39 is 23.1 Å². The van der Waals surface area contributed by atoms with Gasteiger partial charge in [-0.2, -0.15) is 0 Å². The van der Waals surface area contributed by atoms with E-state index in [0.717, 1.165) is 48.0 Å². The molecule has 284 valence electrons. The molecule has 2 aliphatic rings. The Morgan fingerprint density at radius 3 is 2.33 bits per heavy atom. The zero-order valence-electron chi connectivity index (χ0n) is 31.5. The quantitative estimate of drug-likeness (QED) is 0.145. The maximum Gasteiger partial charge on any atom is 0.337 e. The lowest BCUT2D eigenvalue weighted by Crippen LogP contribution is -2.45. The number of carbonyl (C=O) groups excluding carboxylic acids is 1. The highest BCUT2D eigenvalue weighted by atomic mass is 32.1. The zero-order chi connectivity index (χ0) is 37.8. The first-order chi connectivity index (χ1) is 26.2. The number of nitrogens with one attached hydrogen (secondary N) is 1. The third-order valence-electron chi connectivity index (χ3n) is 11.0. The summed E-state index contributed by atoms with van der Waals surface area (Å²) in [7, 11) is 0. The van der Waals surface area contributed by atoms with Gasteiger partial charge >= 0.3 is 5.69 Å². The van der Waals surface area contributed by atoms with E-state index in [9.17, 15) is 18.8 Å². The molecule has 54 heavy (non-hydrogen) atoms. The Balaban J connectivity index is 1.09. The molecule has 1 saturated heterocycles. The van der Waals surface area contributed by atoms with Crippen LogP contribution in [0.4, 0.5) is 4.39 Å². The predicted molar refractivity (Wildman–Crippen MR) is 213 cm³/mol. The van der Waals surface area contributed by atoms with Crippen molar-refractivity contribution in [2.75, 3.05) is 26.2 Å². The van der Waals surface area contributed by atoms with Crippen LogP contribution >= 0.6 is 11.3 Å². The number of aromatic nitrogens is 4. The molecule has 2 fully saturated rings. The van der Waals surface area contributed by atoms with E-state index in [1.54, 1.807) is 5.38 Å². The van der Waals surface area contributed by atoms with Gasteiger partial charge in [0.15, 0.2) is 5.65 Å². The molecule has 1 aliphatic carbocycles. The van der Waals surface area contributed by atoms with Gasteiger partial charge in [-0.1, -0.05) is 50.2 Å². The van der Waals surface area contributed by atoms with Gasteiger partial charge in [0, 0.05) is 30.1 Å². The minimum absolute atomic E-state index is 0.0474.